The third kappa shape index (κ3) is 2.14. The van der Waals surface area contributed by atoms with Crippen LogP contribution in [0.25, 0.3) is 11.2 Å². The number of aromatic amines is 1. The number of halogens is 3. The molecule has 2 heterocycles. The van der Waals surface area contributed by atoms with Crippen LogP contribution in [0.4, 0.5) is 13.2 Å². The number of H-pyrrole nitrogens is 1. The summed E-state index contributed by atoms with van der Waals surface area (Å²) in [6, 6.07) is 0. The molecule has 0 radical (unpaired) electrons. The molecule has 2 aromatic heterocycles. The molecule has 2 aromatic rings. The fourth-order valence-electron chi connectivity index (χ4n) is 1.00. The lowest BCUT2D eigenvalue weighted by molar-refractivity contribution is -0.153. The minimum atomic E-state index is -4.39. The van der Waals surface area contributed by atoms with Gasteiger partial charge in [0.25, 0.3) is 0 Å². The molecule has 0 aromatic carbocycles. The van der Waals surface area contributed by atoms with E-state index >= 15 is 0 Å². The first-order valence-electron chi connectivity index (χ1n) is 3.90. The number of hydrogen-bond acceptors (Lipinski definition) is 4. The summed E-state index contributed by atoms with van der Waals surface area (Å²) in [7, 11) is 0. The number of imidazole rings is 1. The summed E-state index contributed by atoms with van der Waals surface area (Å²) >= 11 is 0. The van der Waals surface area contributed by atoms with Crippen molar-refractivity contribution in [2.24, 2.45) is 0 Å². The third-order valence-corrected chi connectivity index (χ3v) is 1.56. The van der Waals surface area contributed by atoms with Gasteiger partial charge in [0.1, 0.15) is 11.8 Å². The molecule has 15 heavy (non-hydrogen) atoms. The highest BCUT2D eigenvalue weighted by molar-refractivity contribution is 5.74. The van der Waals surface area contributed by atoms with Gasteiger partial charge < -0.3 is 9.72 Å². The van der Waals surface area contributed by atoms with Crippen LogP contribution in [0.3, 0.4) is 0 Å². The molecule has 2 rings (SSSR count). The molecule has 8 heteroatoms. The maximum atomic E-state index is 11.9. The van der Waals surface area contributed by atoms with Crippen molar-refractivity contribution in [3.8, 4) is 5.88 Å². The normalized spacial score (nSPS) is 11.9. The quantitative estimate of drug-likeness (QED) is 0.824. The summed E-state index contributed by atoms with van der Waals surface area (Å²) in [6.45, 7) is -1.39. The molecule has 0 amide bonds. The summed E-state index contributed by atoms with van der Waals surface area (Å²) in [5, 5.41) is 0. The first-order chi connectivity index (χ1) is 7.06. The van der Waals surface area contributed by atoms with Gasteiger partial charge in [-0.15, -0.1) is 0 Å². The molecule has 0 saturated heterocycles. The molecule has 5 nitrogen and oxygen atoms in total. The lowest BCUT2D eigenvalue weighted by atomic mass is 10.5. The van der Waals surface area contributed by atoms with Crippen molar-refractivity contribution >= 4 is 11.2 Å². The second kappa shape index (κ2) is 3.37. The van der Waals surface area contributed by atoms with Crippen LogP contribution < -0.4 is 4.74 Å². The monoisotopic (exact) mass is 218 g/mol. The second-order valence-electron chi connectivity index (χ2n) is 2.68. The second-order valence-corrected chi connectivity index (χ2v) is 2.68. The molecule has 0 atom stereocenters. The number of nitrogens with one attached hydrogen (secondary N) is 1. The van der Waals surface area contributed by atoms with E-state index in [4.69, 9.17) is 0 Å². The SMILES string of the molecule is FC(F)(F)COc1ncnc2nc[nH]c12. The zero-order valence-corrected chi connectivity index (χ0v) is 7.25. The number of aromatic nitrogens is 4. The Morgan fingerprint density at radius 1 is 1.27 bits per heavy atom. The van der Waals surface area contributed by atoms with Crippen LogP contribution >= 0.6 is 0 Å². The topological polar surface area (TPSA) is 63.7 Å². The van der Waals surface area contributed by atoms with E-state index in [9.17, 15) is 13.2 Å². The van der Waals surface area contributed by atoms with Gasteiger partial charge in [-0.05, 0) is 0 Å². The Morgan fingerprint density at radius 3 is 2.80 bits per heavy atom. The zero-order chi connectivity index (χ0) is 10.9. The van der Waals surface area contributed by atoms with Crippen molar-refractivity contribution in [1.82, 2.24) is 19.9 Å². The maximum absolute atomic E-state index is 11.9. The number of fused-ring (bicyclic) bond motifs is 1. The zero-order valence-electron chi connectivity index (χ0n) is 7.25. The minimum absolute atomic E-state index is 0.158. The van der Waals surface area contributed by atoms with Gasteiger partial charge in [0, 0.05) is 0 Å². The molecule has 80 valence electrons. The number of ether oxygens (including phenoxy) is 1. The smallest absolute Gasteiger partial charge is 0.422 e. The first kappa shape index (κ1) is 9.69. The van der Waals surface area contributed by atoms with Crippen molar-refractivity contribution in [3.05, 3.63) is 12.7 Å². The Balaban J connectivity index is 2.24. The van der Waals surface area contributed by atoms with E-state index in [1.807, 2.05) is 0 Å². The van der Waals surface area contributed by atoms with E-state index in [1.54, 1.807) is 0 Å². The van der Waals surface area contributed by atoms with Crippen molar-refractivity contribution in [3.63, 3.8) is 0 Å². The van der Waals surface area contributed by atoms with Gasteiger partial charge in [-0.3, -0.25) is 0 Å². The van der Waals surface area contributed by atoms with Gasteiger partial charge in [-0.25, -0.2) is 9.97 Å². The Bertz CT molecular complexity index is 466. The highest BCUT2D eigenvalue weighted by Crippen LogP contribution is 2.20. The summed E-state index contributed by atoms with van der Waals surface area (Å²) in [4.78, 5) is 13.7. The van der Waals surface area contributed by atoms with E-state index in [2.05, 4.69) is 24.7 Å². The third-order valence-electron chi connectivity index (χ3n) is 1.56. The summed E-state index contributed by atoms with van der Waals surface area (Å²) in [5.74, 6) is -0.158. The molecular formula is C7H5F3N4O. The fourth-order valence-corrected chi connectivity index (χ4v) is 1.00. The Hall–Kier alpha value is -1.86. The number of alkyl halides is 3. The molecular weight excluding hydrogens is 213 g/mol. The lowest BCUT2D eigenvalue weighted by Gasteiger charge is -2.07. The molecule has 0 spiro atoms. The van der Waals surface area contributed by atoms with Crippen LogP contribution in [0.15, 0.2) is 12.7 Å². The Labute approximate surface area is 81.3 Å². The van der Waals surface area contributed by atoms with Crippen LogP contribution in [0.5, 0.6) is 5.88 Å². The summed E-state index contributed by atoms with van der Waals surface area (Å²) in [6.07, 6.45) is -1.99. The molecule has 0 fully saturated rings. The van der Waals surface area contributed by atoms with E-state index < -0.39 is 12.8 Å². The Kier molecular flexibility index (Phi) is 2.18. The largest absolute Gasteiger partial charge is 0.466 e. The predicted molar refractivity (Wildman–Crippen MR) is 43.2 cm³/mol. The summed E-state index contributed by atoms with van der Waals surface area (Å²) in [5.41, 5.74) is 0.518. The van der Waals surface area contributed by atoms with Gasteiger partial charge >= 0.3 is 6.18 Å². The number of rotatable bonds is 2. The lowest BCUT2D eigenvalue weighted by Crippen LogP contribution is -2.19. The minimum Gasteiger partial charge on any atom is -0.466 e. The van der Waals surface area contributed by atoms with Crippen molar-refractivity contribution in [2.75, 3.05) is 6.61 Å². The summed E-state index contributed by atoms with van der Waals surface area (Å²) < 4.78 is 40.1. The van der Waals surface area contributed by atoms with Gasteiger partial charge in [0.2, 0.25) is 5.88 Å². The highest BCUT2D eigenvalue weighted by Gasteiger charge is 2.29. The van der Waals surface area contributed by atoms with Crippen LogP contribution in [-0.4, -0.2) is 32.7 Å². The average Bonchev–Trinajstić information content (AvgIpc) is 2.61. The molecule has 0 bridgehead atoms. The molecule has 1 N–H and O–H groups in total. The fraction of sp³-hybridized carbons (Fsp3) is 0.286. The van der Waals surface area contributed by atoms with Gasteiger partial charge in [0.05, 0.1) is 6.33 Å². The molecule has 0 aliphatic heterocycles. The van der Waals surface area contributed by atoms with Crippen molar-refractivity contribution in [1.29, 1.82) is 0 Å². The molecule has 0 saturated carbocycles. The van der Waals surface area contributed by atoms with Crippen LogP contribution in [0, 0.1) is 0 Å². The standard InChI is InChI=1S/C7H5F3N4O/c8-7(9,10)1-15-6-4-5(12-2-11-4)13-3-14-6/h2-3H,1H2,(H,11,12,13,14). The maximum Gasteiger partial charge on any atom is 0.422 e. The van der Waals surface area contributed by atoms with Gasteiger partial charge in [-0.2, -0.15) is 18.2 Å². The van der Waals surface area contributed by atoms with Gasteiger partial charge in [-0.1, -0.05) is 0 Å². The van der Waals surface area contributed by atoms with E-state index in [0.29, 0.717) is 0 Å². The average molecular weight is 218 g/mol. The van der Waals surface area contributed by atoms with E-state index in [0.717, 1.165) is 6.33 Å². The molecule has 0 aliphatic rings. The van der Waals surface area contributed by atoms with E-state index in [1.165, 1.54) is 6.33 Å². The van der Waals surface area contributed by atoms with E-state index in [-0.39, 0.29) is 17.0 Å². The molecule has 0 unspecified atom stereocenters. The van der Waals surface area contributed by atoms with Gasteiger partial charge in [0.15, 0.2) is 12.3 Å². The van der Waals surface area contributed by atoms with Crippen molar-refractivity contribution in [2.45, 2.75) is 6.18 Å². The first-order valence-corrected chi connectivity index (χ1v) is 3.90. The predicted octanol–water partition coefficient (Wildman–Crippen LogP) is 1.29. The van der Waals surface area contributed by atoms with Crippen LogP contribution in [0.2, 0.25) is 0 Å². The van der Waals surface area contributed by atoms with Crippen LogP contribution in [-0.2, 0) is 0 Å². The number of nitrogens with zero attached hydrogens (tertiary/aromatic N) is 3. The Morgan fingerprint density at radius 2 is 2.07 bits per heavy atom. The highest BCUT2D eigenvalue weighted by atomic mass is 19.4. The molecule has 0 aliphatic carbocycles. The van der Waals surface area contributed by atoms with Crippen molar-refractivity contribution < 1.29 is 17.9 Å². The number of hydrogen-bond donors (Lipinski definition) is 1. The van der Waals surface area contributed by atoms with Crippen LogP contribution in [0.1, 0.15) is 0 Å².